The van der Waals surface area contributed by atoms with E-state index in [4.69, 9.17) is 5.73 Å². The number of fused-ring (bicyclic) bond motifs is 1. The van der Waals surface area contributed by atoms with Crippen molar-refractivity contribution in [3.05, 3.63) is 59.8 Å². The average Bonchev–Trinajstić information content (AvgIpc) is 3.17. The van der Waals surface area contributed by atoms with Gasteiger partial charge < -0.3 is 10.7 Å². The number of aromatic amines is 1. The van der Waals surface area contributed by atoms with Crippen molar-refractivity contribution in [2.45, 2.75) is 12.3 Å². The summed E-state index contributed by atoms with van der Waals surface area (Å²) in [6.07, 6.45) is 2.61. The Hall–Kier alpha value is -2.28. The molecular weight excluding hydrogens is 336 g/mol. The maximum atomic E-state index is 12.0. The molecule has 2 aromatic carbocycles. The summed E-state index contributed by atoms with van der Waals surface area (Å²) in [6, 6.07) is 13.7. The van der Waals surface area contributed by atoms with Crippen LogP contribution in [0.25, 0.3) is 22.0 Å². The van der Waals surface area contributed by atoms with Crippen molar-refractivity contribution in [1.82, 2.24) is 4.98 Å². The molecule has 130 valence electrons. The van der Waals surface area contributed by atoms with Gasteiger partial charge in [0.15, 0.2) is 0 Å². The molecule has 1 unspecified atom stereocenters. The molecule has 5 nitrogen and oxygen atoms in total. The van der Waals surface area contributed by atoms with Gasteiger partial charge in [-0.3, -0.25) is 13.9 Å². The van der Waals surface area contributed by atoms with Gasteiger partial charge in [0.05, 0.1) is 11.1 Å². The molecule has 0 spiro atoms. The van der Waals surface area contributed by atoms with Crippen LogP contribution in [0.2, 0.25) is 0 Å². The monoisotopic (exact) mass is 356 g/mol. The van der Waals surface area contributed by atoms with E-state index in [9.17, 15) is 13.9 Å². The zero-order valence-electron chi connectivity index (χ0n) is 13.6. The molecule has 2 heterocycles. The number of aromatic nitrogens is 1. The highest BCUT2D eigenvalue weighted by atomic mass is 32.3. The molecule has 4 rings (SSSR count). The van der Waals surface area contributed by atoms with Crippen LogP contribution < -0.4 is 5.73 Å². The van der Waals surface area contributed by atoms with Gasteiger partial charge in [-0.15, -0.1) is 0 Å². The van der Waals surface area contributed by atoms with Crippen LogP contribution in [0.5, 0.6) is 0 Å². The Labute approximate surface area is 147 Å². The highest BCUT2D eigenvalue weighted by Gasteiger charge is 2.31. The lowest BCUT2D eigenvalue weighted by Gasteiger charge is -2.26. The minimum absolute atomic E-state index is 0.0745. The van der Waals surface area contributed by atoms with Crippen LogP contribution in [-0.2, 0) is 0 Å². The van der Waals surface area contributed by atoms with Gasteiger partial charge in [0.2, 0.25) is 0 Å². The summed E-state index contributed by atoms with van der Waals surface area (Å²) < 4.78 is 19.9. The highest BCUT2D eigenvalue weighted by molar-refractivity contribution is 8.24. The first-order valence-corrected chi connectivity index (χ1v) is 10.1. The number of rotatable bonds is 3. The second kappa shape index (κ2) is 5.91. The number of amides is 1. The van der Waals surface area contributed by atoms with Gasteiger partial charge in [0, 0.05) is 29.0 Å². The summed E-state index contributed by atoms with van der Waals surface area (Å²) in [7, 11) is -2.48. The van der Waals surface area contributed by atoms with Gasteiger partial charge in [-0.2, -0.15) is 10.6 Å². The summed E-state index contributed by atoms with van der Waals surface area (Å²) in [5.74, 6) is 0.407. The minimum atomic E-state index is -2.48. The van der Waals surface area contributed by atoms with Crippen LogP contribution in [-0.4, -0.2) is 31.5 Å². The molecule has 3 aromatic rings. The number of primary amides is 1. The maximum absolute atomic E-state index is 12.0. The van der Waals surface area contributed by atoms with Crippen molar-refractivity contribution < 1.29 is 13.9 Å². The van der Waals surface area contributed by atoms with Gasteiger partial charge >= 0.3 is 0 Å². The van der Waals surface area contributed by atoms with E-state index in [0.29, 0.717) is 22.6 Å². The molecule has 1 amide bonds. The number of carbonyl (C=O) groups is 1. The number of hydrogen-bond acceptors (Lipinski definition) is 3. The number of nitrogens with one attached hydrogen (secondary N) is 1. The standard InChI is InChI=1S/C19H20N2O3S/c20-19(22)16-9-14(12-4-2-1-3-5-12)8-15-17(10-21-18(15)16)13-6-7-25(23,24)11-13/h1-5,8-10,13,21,23-24H,6-7,11H2,(H2,20,22). The molecule has 1 atom stereocenters. The summed E-state index contributed by atoms with van der Waals surface area (Å²) >= 11 is 0. The van der Waals surface area contributed by atoms with E-state index in [1.807, 2.05) is 48.7 Å². The van der Waals surface area contributed by atoms with Crippen molar-refractivity contribution in [2.75, 3.05) is 11.5 Å². The van der Waals surface area contributed by atoms with Crippen LogP contribution in [0.15, 0.2) is 48.7 Å². The summed E-state index contributed by atoms with van der Waals surface area (Å²) in [4.78, 5) is 15.1. The van der Waals surface area contributed by atoms with E-state index in [0.717, 1.165) is 28.5 Å². The number of carbonyl (C=O) groups excluding carboxylic acids is 1. The molecule has 0 aliphatic carbocycles. The third kappa shape index (κ3) is 2.93. The largest absolute Gasteiger partial charge is 0.366 e. The van der Waals surface area contributed by atoms with Crippen LogP contribution in [0, 0.1) is 0 Å². The van der Waals surface area contributed by atoms with Gasteiger partial charge in [-0.1, -0.05) is 30.3 Å². The molecule has 1 aromatic heterocycles. The number of hydrogen-bond donors (Lipinski definition) is 4. The molecule has 1 fully saturated rings. The Bertz CT molecular complexity index is 950. The van der Waals surface area contributed by atoms with Crippen molar-refractivity contribution in [2.24, 2.45) is 5.73 Å². The first kappa shape index (κ1) is 16.2. The Balaban J connectivity index is 1.89. The fourth-order valence-electron chi connectivity index (χ4n) is 3.65. The Kier molecular flexibility index (Phi) is 3.83. The Morgan fingerprint density at radius 2 is 1.92 bits per heavy atom. The predicted octanol–water partition coefficient (Wildman–Crippen LogP) is 4.17. The average molecular weight is 356 g/mol. The first-order chi connectivity index (χ1) is 11.9. The quantitative estimate of drug-likeness (QED) is 0.566. The number of H-pyrrole nitrogens is 1. The van der Waals surface area contributed by atoms with Gasteiger partial charge in [-0.25, -0.2) is 0 Å². The molecule has 1 aliphatic heterocycles. The molecule has 1 saturated heterocycles. The molecule has 0 bridgehead atoms. The summed E-state index contributed by atoms with van der Waals surface area (Å²) in [6.45, 7) is 0. The second-order valence-electron chi connectivity index (χ2n) is 6.58. The van der Waals surface area contributed by atoms with Crippen LogP contribution in [0.4, 0.5) is 0 Å². The SMILES string of the molecule is NC(=O)c1cc(-c2ccccc2)cc2c(C3CCS(O)(O)C3)c[nH]c12. The van der Waals surface area contributed by atoms with E-state index in [1.54, 1.807) is 0 Å². The Morgan fingerprint density at radius 1 is 1.16 bits per heavy atom. The molecule has 6 heteroatoms. The van der Waals surface area contributed by atoms with Crippen LogP contribution >= 0.6 is 10.6 Å². The lowest BCUT2D eigenvalue weighted by atomic mass is 9.94. The molecule has 1 aliphatic rings. The zero-order valence-corrected chi connectivity index (χ0v) is 14.4. The van der Waals surface area contributed by atoms with Crippen molar-refractivity contribution in [3.8, 4) is 11.1 Å². The van der Waals surface area contributed by atoms with Crippen LogP contribution in [0.3, 0.4) is 0 Å². The third-order valence-electron chi connectivity index (χ3n) is 4.90. The summed E-state index contributed by atoms with van der Waals surface area (Å²) in [5, 5.41) is 0.928. The van der Waals surface area contributed by atoms with Crippen molar-refractivity contribution in [3.63, 3.8) is 0 Å². The molecule has 0 saturated carbocycles. The predicted molar refractivity (Wildman–Crippen MR) is 102 cm³/mol. The first-order valence-electron chi connectivity index (χ1n) is 8.18. The zero-order chi connectivity index (χ0) is 17.6. The van der Waals surface area contributed by atoms with E-state index >= 15 is 0 Å². The number of benzene rings is 2. The third-order valence-corrected chi connectivity index (χ3v) is 6.72. The lowest BCUT2D eigenvalue weighted by Crippen LogP contribution is -2.11. The van der Waals surface area contributed by atoms with Gasteiger partial charge in [0.25, 0.3) is 5.91 Å². The van der Waals surface area contributed by atoms with E-state index < -0.39 is 16.5 Å². The molecule has 5 N–H and O–H groups in total. The van der Waals surface area contributed by atoms with Crippen molar-refractivity contribution >= 4 is 27.4 Å². The lowest BCUT2D eigenvalue weighted by molar-refractivity contribution is 0.100. The maximum Gasteiger partial charge on any atom is 0.250 e. The highest BCUT2D eigenvalue weighted by Crippen LogP contribution is 2.52. The topological polar surface area (TPSA) is 99.3 Å². The van der Waals surface area contributed by atoms with E-state index in [-0.39, 0.29) is 5.92 Å². The minimum Gasteiger partial charge on any atom is -0.366 e. The summed E-state index contributed by atoms with van der Waals surface area (Å²) in [5.41, 5.74) is 9.72. The van der Waals surface area contributed by atoms with E-state index in [2.05, 4.69) is 4.98 Å². The molecular formula is C19H20N2O3S. The number of nitrogens with two attached hydrogens (primary N) is 1. The van der Waals surface area contributed by atoms with Crippen molar-refractivity contribution in [1.29, 1.82) is 0 Å². The normalized spacial score (nSPS) is 20.6. The van der Waals surface area contributed by atoms with E-state index in [1.165, 1.54) is 0 Å². The van der Waals surface area contributed by atoms with Gasteiger partial charge in [-0.05, 0) is 35.2 Å². The smallest absolute Gasteiger partial charge is 0.250 e. The van der Waals surface area contributed by atoms with Crippen LogP contribution in [0.1, 0.15) is 28.3 Å². The fraction of sp³-hybridized carbons (Fsp3) is 0.211. The Morgan fingerprint density at radius 3 is 2.56 bits per heavy atom. The molecule has 25 heavy (non-hydrogen) atoms. The second-order valence-corrected chi connectivity index (χ2v) is 8.93. The fourth-order valence-corrected chi connectivity index (χ4v) is 5.47. The molecule has 0 radical (unpaired) electrons. The van der Waals surface area contributed by atoms with Gasteiger partial charge in [0.1, 0.15) is 0 Å².